The molecule has 0 unspecified atom stereocenters. The van der Waals surface area contributed by atoms with Crippen molar-refractivity contribution in [1.82, 2.24) is 4.98 Å². The van der Waals surface area contributed by atoms with E-state index in [2.05, 4.69) is 11.6 Å². The van der Waals surface area contributed by atoms with E-state index in [1.54, 1.807) is 6.07 Å². The van der Waals surface area contributed by atoms with Crippen molar-refractivity contribution in [3.8, 4) is 0 Å². The molecule has 58 valence electrons. The topological polar surface area (TPSA) is 32.9 Å². The normalized spacial score (nSPS) is 9.45. The average molecular weight is 149 g/mol. The Morgan fingerprint density at radius 2 is 2.36 bits per heavy atom. The molecule has 1 rings (SSSR count). The highest BCUT2D eigenvalue weighted by atomic mass is 16.1. The van der Waals surface area contributed by atoms with E-state index in [-0.39, 0.29) is 5.56 Å². The van der Waals surface area contributed by atoms with E-state index in [0.29, 0.717) is 0 Å². The van der Waals surface area contributed by atoms with Gasteiger partial charge in [-0.25, -0.2) is 0 Å². The fourth-order valence-electron chi connectivity index (χ4n) is 0.897. The first kappa shape index (κ1) is 7.79. The number of aryl methyl sites for hydroxylation is 1. The fraction of sp³-hybridized carbons (Fsp3) is 0.222. The van der Waals surface area contributed by atoms with Gasteiger partial charge in [-0.1, -0.05) is 12.1 Å². The Balaban J connectivity index is 2.71. The van der Waals surface area contributed by atoms with Crippen LogP contribution in [0.1, 0.15) is 12.1 Å². The van der Waals surface area contributed by atoms with Crippen LogP contribution in [0.5, 0.6) is 0 Å². The predicted octanol–water partition coefficient (Wildman–Crippen LogP) is 1.49. The molecule has 0 spiro atoms. The summed E-state index contributed by atoms with van der Waals surface area (Å²) in [6, 6.07) is 5.18. The standard InChI is InChI=1S/C9H11NO/c1-2-3-5-8-6-4-7-9(11)10-8/h2,4,6-7H,1,3,5H2,(H,10,11). The highest BCUT2D eigenvalue weighted by molar-refractivity contribution is 5.04. The number of pyridine rings is 1. The Morgan fingerprint density at radius 1 is 1.55 bits per heavy atom. The molecule has 2 heteroatoms. The molecule has 0 radical (unpaired) electrons. The monoisotopic (exact) mass is 149 g/mol. The molecular formula is C9H11NO. The van der Waals surface area contributed by atoms with E-state index in [1.165, 1.54) is 6.07 Å². The van der Waals surface area contributed by atoms with Gasteiger partial charge in [0.1, 0.15) is 0 Å². The molecule has 1 aromatic heterocycles. The summed E-state index contributed by atoms with van der Waals surface area (Å²) >= 11 is 0. The van der Waals surface area contributed by atoms with Gasteiger partial charge in [-0.15, -0.1) is 6.58 Å². The number of allylic oxidation sites excluding steroid dienone is 1. The first-order valence-electron chi connectivity index (χ1n) is 3.62. The Hall–Kier alpha value is -1.31. The number of rotatable bonds is 3. The molecule has 1 heterocycles. The summed E-state index contributed by atoms with van der Waals surface area (Å²) in [5, 5.41) is 0. The first-order chi connectivity index (χ1) is 5.33. The van der Waals surface area contributed by atoms with Crippen LogP contribution in [-0.2, 0) is 6.42 Å². The predicted molar refractivity (Wildman–Crippen MR) is 45.6 cm³/mol. The fourth-order valence-corrected chi connectivity index (χ4v) is 0.897. The summed E-state index contributed by atoms with van der Waals surface area (Å²) in [6.07, 6.45) is 3.60. The van der Waals surface area contributed by atoms with Gasteiger partial charge in [-0.3, -0.25) is 4.79 Å². The first-order valence-corrected chi connectivity index (χ1v) is 3.62. The molecule has 0 aliphatic heterocycles. The molecule has 1 aromatic rings. The second-order valence-corrected chi connectivity index (χ2v) is 2.37. The van der Waals surface area contributed by atoms with Crippen LogP contribution in [0.4, 0.5) is 0 Å². The van der Waals surface area contributed by atoms with Crippen LogP contribution in [0, 0.1) is 0 Å². The summed E-state index contributed by atoms with van der Waals surface area (Å²) in [4.78, 5) is 13.5. The molecule has 1 N–H and O–H groups in total. The summed E-state index contributed by atoms with van der Waals surface area (Å²) in [5.74, 6) is 0. The molecular weight excluding hydrogens is 138 g/mol. The third-order valence-electron chi connectivity index (χ3n) is 1.45. The molecule has 0 aliphatic carbocycles. The third-order valence-corrected chi connectivity index (χ3v) is 1.45. The largest absolute Gasteiger partial charge is 0.326 e. The number of aromatic nitrogens is 1. The van der Waals surface area contributed by atoms with Crippen LogP contribution < -0.4 is 5.56 Å². The van der Waals surface area contributed by atoms with Gasteiger partial charge in [0.15, 0.2) is 0 Å². The lowest BCUT2D eigenvalue weighted by molar-refractivity contribution is 0.933. The van der Waals surface area contributed by atoms with Gasteiger partial charge >= 0.3 is 0 Å². The lowest BCUT2D eigenvalue weighted by Crippen LogP contribution is -2.05. The Bertz CT molecular complexity index is 288. The number of aromatic amines is 1. The molecule has 0 aromatic carbocycles. The van der Waals surface area contributed by atoms with Gasteiger partial charge in [0, 0.05) is 11.8 Å². The molecule has 11 heavy (non-hydrogen) atoms. The Labute approximate surface area is 65.6 Å². The molecule has 0 saturated carbocycles. The second-order valence-electron chi connectivity index (χ2n) is 2.37. The van der Waals surface area contributed by atoms with Crippen molar-refractivity contribution in [3.63, 3.8) is 0 Å². The van der Waals surface area contributed by atoms with Gasteiger partial charge in [0.2, 0.25) is 5.56 Å². The van der Waals surface area contributed by atoms with Crippen molar-refractivity contribution in [2.45, 2.75) is 12.8 Å². The summed E-state index contributed by atoms with van der Waals surface area (Å²) < 4.78 is 0. The lowest BCUT2D eigenvalue weighted by atomic mass is 10.2. The number of hydrogen-bond donors (Lipinski definition) is 1. The molecule has 2 nitrogen and oxygen atoms in total. The second kappa shape index (κ2) is 3.76. The number of hydrogen-bond acceptors (Lipinski definition) is 1. The van der Waals surface area contributed by atoms with Crippen LogP contribution in [0.15, 0.2) is 35.6 Å². The van der Waals surface area contributed by atoms with Gasteiger partial charge in [-0.05, 0) is 18.9 Å². The lowest BCUT2D eigenvalue weighted by Gasteiger charge is -1.95. The van der Waals surface area contributed by atoms with E-state index in [9.17, 15) is 4.79 Å². The van der Waals surface area contributed by atoms with E-state index in [4.69, 9.17) is 0 Å². The Kier molecular flexibility index (Phi) is 2.66. The molecule has 0 aliphatic rings. The van der Waals surface area contributed by atoms with Gasteiger partial charge in [0.05, 0.1) is 0 Å². The molecule has 0 atom stereocenters. The minimum Gasteiger partial charge on any atom is -0.326 e. The van der Waals surface area contributed by atoms with Crippen molar-refractivity contribution >= 4 is 0 Å². The third kappa shape index (κ3) is 2.42. The van der Waals surface area contributed by atoms with Crippen LogP contribution in [0.25, 0.3) is 0 Å². The SMILES string of the molecule is C=CCCc1cccc(=O)[nH]1. The molecule has 0 amide bonds. The van der Waals surface area contributed by atoms with Gasteiger partial charge in [-0.2, -0.15) is 0 Å². The average Bonchev–Trinajstić information content (AvgIpc) is 2.01. The minimum atomic E-state index is -0.0356. The van der Waals surface area contributed by atoms with Crippen molar-refractivity contribution in [2.75, 3.05) is 0 Å². The van der Waals surface area contributed by atoms with Crippen LogP contribution >= 0.6 is 0 Å². The molecule has 0 saturated heterocycles. The zero-order chi connectivity index (χ0) is 8.10. The zero-order valence-corrected chi connectivity index (χ0v) is 6.34. The van der Waals surface area contributed by atoms with Gasteiger partial charge in [0.25, 0.3) is 0 Å². The molecule has 0 fully saturated rings. The maximum absolute atomic E-state index is 10.8. The van der Waals surface area contributed by atoms with Crippen molar-refractivity contribution in [2.24, 2.45) is 0 Å². The smallest absolute Gasteiger partial charge is 0.248 e. The Morgan fingerprint density at radius 3 is 3.00 bits per heavy atom. The van der Waals surface area contributed by atoms with Crippen LogP contribution in [-0.4, -0.2) is 4.98 Å². The quantitative estimate of drug-likeness (QED) is 0.649. The van der Waals surface area contributed by atoms with Crippen molar-refractivity contribution in [3.05, 3.63) is 46.9 Å². The van der Waals surface area contributed by atoms with E-state index in [1.807, 2.05) is 12.1 Å². The van der Waals surface area contributed by atoms with E-state index >= 15 is 0 Å². The maximum atomic E-state index is 10.8. The highest BCUT2D eigenvalue weighted by Crippen LogP contribution is 1.95. The minimum absolute atomic E-state index is 0.0356. The summed E-state index contributed by atoms with van der Waals surface area (Å²) in [7, 11) is 0. The molecule has 0 bridgehead atoms. The van der Waals surface area contributed by atoms with Crippen molar-refractivity contribution in [1.29, 1.82) is 0 Å². The van der Waals surface area contributed by atoms with E-state index in [0.717, 1.165) is 18.5 Å². The maximum Gasteiger partial charge on any atom is 0.248 e. The van der Waals surface area contributed by atoms with Crippen LogP contribution in [0.2, 0.25) is 0 Å². The van der Waals surface area contributed by atoms with Gasteiger partial charge < -0.3 is 4.98 Å². The number of H-pyrrole nitrogens is 1. The van der Waals surface area contributed by atoms with Crippen molar-refractivity contribution < 1.29 is 0 Å². The highest BCUT2D eigenvalue weighted by Gasteiger charge is 1.89. The summed E-state index contributed by atoms with van der Waals surface area (Å²) in [6.45, 7) is 3.61. The van der Waals surface area contributed by atoms with Crippen LogP contribution in [0.3, 0.4) is 0 Å². The number of nitrogens with one attached hydrogen (secondary N) is 1. The summed E-state index contributed by atoms with van der Waals surface area (Å²) in [5.41, 5.74) is 0.934. The zero-order valence-electron chi connectivity index (χ0n) is 6.34. The van der Waals surface area contributed by atoms with E-state index < -0.39 is 0 Å².